The van der Waals surface area contributed by atoms with Crippen LogP contribution in [0, 0.1) is 0 Å². The first-order valence-corrected chi connectivity index (χ1v) is 8.34. The first-order valence-electron chi connectivity index (χ1n) is 8.34. The number of halogens is 3. The molecule has 0 bridgehead atoms. The predicted octanol–water partition coefficient (Wildman–Crippen LogP) is 2.17. The average molecular weight is 392 g/mol. The lowest BCUT2D eigenvalue weighted by Crippen LogP contribution is -2.49. The third-order valence-corrected chi connectivity index (χ3v) is 4.12. The fourth-order valence-electron chi connectivity index (χ4n) is 2.88. The molecule has 1 aliphatic rings. The summed E-state index contributed by atoms with van der Waals surface area (Å²) >= 11 is 0. The van der Waals surface area contributed by atoms with Crippen LogP contribution in [0.5, 0.6) is 5.75 Å². The van der Waals surface area contributed by atoms with E-state index in [9.17, 15) is 18.4 Å². The smallest absolute Gasteiger partial charge is 0.387 e. The summed E-state index contributed by atoms with van der Waals surface area (Å²) in [6.07, 6.45) is 2.95. The number of hydrogen-bond acceptors (Lipinski definition) is 4. The summed E-state index contributed by atoms with van der Waals surface area (Å²) in [6.45, 7) is -1.63. The van der Waals surface area contributed by atoms with Gasteiger partial charge in [0.2, 0.25) is 5.91 Å². The van der Waals surface area contributed by atoms with Crippen LogP contribution in [-0.2, 0) is 4.79 Å². The predicted molar refractivity (Wildman–Crippen MR) is 95.7 cm³/mol. The van der Waals surface area contributed by atoms with Crippen molar-refractivity contribution in [3.8, 4) is 5.75 Å². The molecule has 2 rings (SSSR count). The molecule has 3 N–H and O–H groups in total. The van der Waals surface area contributed by atoms with E-state index in [-0.39, 0.29) is 49.0 Å². The van der Waals surface area contributed by atoms with Gasteiger partial charge in [-0.3, -0.25) is 9.59 Å². The molecule has 1 aliphatic heterocycles. The van der Waals surface area contributed by atoms with Crippen molar-refractivity contribution in [1.82, 2.24) is 10.2 Å². The highest BCUT2D eigenvalue weighted by molar-refractivity contribution is 5.94. The maximum absolute atomic E-state index is 12.7. The van der Waals surface area contributed by atoms with E-state index in [1.165, 1.54) is 24.3 Å². The molecule has 9 heteroatoms. The molecule has 0 radical (unpaired) electrons. The number of ether oxygens (including phenoxy) is 1. The van der Waals surface area contributed by atoms with Crippen molar-refractivity contribution in [2.75, 3.05) is 19.6 Å². The Hall–Kier alpha value is -1.93. The standard InChI is InChI=1S/C17H23F2N3O3.ClH/c18-17(19)25-14-6-4-12(5-7-14)16(24)22-10-2-1-3-13(22)11-21-15(23)8-9-20;/h4-7,13,17H,1-3,8-11,20H2,(H,21,23);1H. The molecule has 0 aliphatic carbocycles. The van der Waals surface area contributed by atoms with Crippen LogP contribution in [-0.4, -0.2) is 49.0 Å². The average Bonchev–Trinajstić information content (AvgIpc) is 2.60. The highest BCUT2D eigenvalue weighted by atomic mass is 35.5. The van der Waals surface area contributed by atoms with Gasteiger partial charge < -0.3 is 20.7 Å². The second kappa shape index (κ2) is 10.9. The number of amides is 2. The first-order chi connectivity index (χ1) is 12.0. The summed E-state index contributed by atoms with van der Waals surface area (Å²) < 4.78 is 28.7. The van der Waals surface area contributed by atoms with Gasteiger partial charge in [0.15, 0.2) is 0 Å². The van der Waals surface area contributed by atoms with E-state index in [0.717, 1.165) is 19.3 Å². The Balaban J connectivity index is 0.00000338. The maximum atomic E-state index is 12.7. The second-order valence-corrected chi connectivity index (χ2v) is 5.89. The Morgan fingerprint density at radius 3 is 2.58 bits per heavy atom. The van der Waals surface area contributed by atoms with Gasteiger partial charge in [-0.2, -0.15) is 8.78 Å². The number of nitrogens with zero attached hydrogens (tertiary/aromatic N) is 1. The van der Waals surface area contributed by atoms with Gasteiger partial charge in [-0.25, -0.2) is 0 Å². The maximum Gasteiger partial charge on any atom is 0.387 e. The van der Waals surface area contributed by atoms with Gasteiger partial charge in [0, 0.05) is 37.7 Å². The van der Waals surface area contributed by atoms with Crippen molar-refractivity contribution >= 4 is 24.2 Å². The molecule has 0 aromatic heterocycles. The van der Waals surface area contributed by atoms with Crippen LogP contribution in [0.1, 0.15) is 36.0 Å². The third kappa shape index (κ3) is 6.42. The van der Waals surface area contributed by atoms with Gasteiger partial charge in [-0.05, 0) is 43.5 Å². The minimum atomic E-state index is -2.90. The van der Waals surface area contributed by atoms with E-state index in [2.05, 4.69) is 10.1 Å². The molecule has 1 fully saturated rings. The monoisotopic (exact) mass is 391 g/mol. The van der Waals surface area contributed by atoms with Gasteiger partial charge in [0.05, 0.1) is 0 Å². The van der Waals surface area contributed by atoms with E-state index in [4.69, 9.17) is 5.73 Å². The van der Waals surface area contributed by atoms with Gasteiger partial charge in [0.25, 0.3) is 5.91 Å². The number of carbonyl (C=O) groups excluding carboxylic acids is 2. The zero-order valence-electron chi connectivity index (χ0n) is 14.3. The summed E-state index contributed by atoms with van der Waals surface area (Å²) in [5.74, 6) is -0.300. The van der Waals surface area contributed by atoms with Crippen molar-refractivity contribution in [3.63, 3.8) is 0 Å². The van der Waals surface area contributed by atoms with Crippen molar-refractivity contribution in [1.29, 1.82) is 0 Å². The van der Waals surface area contributed by atoms with Crippen LogP contribution in [0.3, 0.4) is 0 Å². The number of alkyl halides is 2. The van der Waals surface area contributed by atoms with Crippen LogP contribution in [0.4, 0.5) is 8.78 Å². The molecular weight excluding hydrogens is 368 g/mol. The largest absolute Gasteiger partial charge is 0.435 e. The molecule has 0 spiro atoms. The molecule has 1 saturated heterocycles. The summed E-state index contributed by atoms with van der Waals surface area (Å²) in [4.78, 5) is 26.0. The zero-order chi connectivity index (χ0) is 18.2. The summed E-state index contributed by atoms with van der Waals surface area (Å²) in [5, 5.41) is 2.80. The molecule has 1 unspecified atom stereocenters. The molecule has 2 amide bonds. The van der Waals surface area contributed by atoms with Gasteiger partial charge in [-0.1, -0.05) is 0 Å². The lowest BCUT2D eigenvalue weighted by molar-refractivity contribution is -0.121. The lowest BCUT2D eigenvalue weighted by Gasteiger charge is -2.36. The minimum absolute atomic E-state index is 0. The quantitative estimate of drug-likeness (QED) is 0.746. The van der Waals surface area contributed by atoms with E-state index in [0.29, 0.717) is 18.7 Å². The summed E-state index contributed by atoms with van der Waals surface area (Å²) in [5.41, 5.74) is 5.75. The van der Waals surface area contributed by atoms with Crippen LogP contribution in [0.15, 0.2) is 24.3 Å². The first kappa shape index (κ1) is 22.1. The number of piperidine rings is 1. The van der Waals surface area contributed by atoms with Crippen LogP contribution in [0.25, 0.3) is 0 Å². The summed E-state index contributed by atoms with van der Waals surface area (Å²) in [7, 11) is 0. The molecule has 1 heterocycles. The molecule has 6 nitrogen and oxygen atoms in total. The Labute approximate surface area is 157 Å². The number of carbonyl (C=O) groups is 2. The molecule has 0 saturated carbocycles. The fraction of sp³-hybridized carbons (Fsp3) is 0.529. The number of likely N-dealkylation sites (tertiary alicyclic amines) is 1. The Morgan fingerprint density at radius 2 is 1.96 bits per heavy atom. The number of nitrogens with one attached hydrogen (secondary N) is 1. The fourth-order valence-corrected chi connectivity index (χ4v) is 2.88. The second-order valence-electron chi connectivity index (χ2n) is 5.89. The zero-order valence-corrected chi connectivity index (χ0v) is 15.1. The van der Waals surface area contributed by atoms with Crippen LogP contribution < -0.4 is 15.8 Å². The Kier molecular flexibility index (Phi) is 9.29. The van der Waals surface area contributed by atoms with Gasteiger partial charge >= 0.3 is 6.61 Å². The molecular formula is C17H24ClF2N3O3. The van der Waals surface area contributed by atoms with Crippen molar-refractivity contribution in [3.05, 3.63) is 29.8 Å². The molecule has 1 atom stereocenters. The van der Waals surface area contributed by atoms with Gasteiger partial charge in [-0.15, -0.1) is 12.4 Å². The third-order valence-electron chi connectivity index (χ3n) is 4.12. The Morgan fingerprint density at radius 1 is 1.27 bits per heavy atom. The van der Waals surface area contributed by atoms with E-state index in [1.54, 1.807) is 4.90 Å². The van der Waals surface area contributed by atoms with Crippen molar-refractivity contribution in [2.45, 2.75) is 38.3 Å². The van der Waals surface area contributed by atoms with Crippen molar-refractivity contribution < 1.29 is 23.1 Å². The highest BCUT2D eigenvalue weighted by Gasteiger charge is 2.27. The molecule has 26 heavy (non-hydrogen) atoms. The van der Waals surface area contributed by atoms with Crippen LogP contribution in [0.2, 0.25) is 0 Å². The highest BCUT2D eigenvalue weighted by Crippen LogP contribution is 2.21. The Bertz CT molecular complexity index is 587. The van der Waals surface area contributed by atoms with E-state index in [1.807, 2.05) is 0 Å². The SMILES string of the molecule is Cl.NCCC(=O)NCC1CCCCN1C(=O)c1ccc(OC(F)F)cc1. The van der Waals surface area contributed by atoms with E-state index >= 15 is 0 Å². The van der Waals surface area contributed by atoms with E-state index < -0.39 is 6.61 Å². The molecule has 1 aromatic carbocycles. The molecule has 146 valence electrons. The number of nitrogens with two attached hydrogens (primary N) is 1. The lowest BCUT2D eigenvalue weighted by atomic mass is 10.0. The number of benzene rings is 1. The molecule has 1 aromatic rings. The normalized spacial score (nSPS) is 16.8. The van der Waals surface area contributed by atoms with Crippen LogP contribution >= 0.6 is 12.4 Å². The number of rotatable bonds is 7. The number of hydrogen-bond donors (Lipinski definition) is 2. The topological polar surface area (TPSA) is 84.7 Å². The van der Waals surface area contributed by atoms with Crippen molar-refractivity contribution in [2.24, 2.45) is 5.73 Å². The minimum Gasteiger partial charge on any atom is -0.435 e. The van der Waals surface area contributed by atoms with Gasteiger partial charge in [0.1, 0.15) is 5.75 Å². The summed E-state index contributed by atoms with van der Waals surface area (Å²) in [6, 6.07) is 5.56.